The highest BCUT2D eigenvalue weighted by atomic mass is 19.2. The average molecular weight is 252 g/mol. The first-order chi connectivity index (χ1) is 8.63. The molecule has 94 valence electrons. The monoisotopic (exact) mass is 252 g/mol. The SMILES string of the molecule is NNC(c1cccc(F)c1)c1cccc(F)c1F. The van der Waals surface area contributed by atoms with Crippen molar-refractivity contribution in [3.05, 3.63) is 71.0 Å². The summed E-state index contributed by atoms with van der Waals surface area (Å²) in [6.07, 6.45) is 0. The molecule has 2 nitrogen and oxygen atoms in total. The van der Waals surface area contributed by atoms with Crippen molar-refractivity contribution in [3.8, 4) is 0 Å². The van der Waals surface area contributed by atoms with Gasteiger partial charge in [-0.2, -0.15) is 0 Å². The smallest absolute Gasteiger partial charge is 0.163 e. The topological polar surface area (TPSA) is 38.0 Å². The third-order valence-electron chi connectivity index (χ3n) is 2.64. The van der Waals surface area contributed by atoms with Crippen LogP contribution in [0.4, 0.5) is 13.2 Å². The molecular formula is C13H11F3N2. The summed E-state index contributed by atoms with van der Waals surface area (Å²) in [4.78, 5) is 0. The van der Waals surface area contributed by atoms with Crippen LogP contribution in [0.15, 0.2) is 42.5 Å². The summed E-state index contributed by atoms with van der Waals surface area (Å²) in [5.41, 5.74) is 2.81. The Morgan fingerprint density at radius 3 is 2.39 bits per heavy atom. The lowest BCUT2D eigenvalue weighted by molar-refractivity contribution is 0.482. The van der Waals surface area contributed by atoms with Crippen molar-refractivity contribution in [2.45, 2.75) is 6.04 Å². The van der Waals surface area contributed by atoms with E-state index in [0.29, 0.717) is 5.56 Å². The molecular weight excluding hydrogens is 241 g/mol. The number of nitrogens with two attached hydrogens (primary N) is 1. The first-order valence-corrected chi connectivity index (χ1v) is 5.29. The van der Waals surface area contributed by atoms with Crippen molar-refractivity contribution in [3.63, 3.8) is 0 Å². The van der Waals surface area contributed by atoms with Crippen LogP contribution in [0.1, 0.15) is 17.2 Å². The van der Waals surface area contributed by atoms with E-state index in [4.69, 9.17) is 5.84 Å². The van der Waals surface area contributed by atoms with E-state index in [-0.39, 0.29) is 5.56 Å². The van der Waals surface area contributed by atoms with Crippen molar-refractivity contribution in [2.24, 2.45) is 5.84 Å². The van der Waals surface area contributed by atoms with Gasteiger partial charge in [0.15, 0.2) is 11.6 Å². The minimum absolute atomic E-state index is 0.0306. The third-order valence-corrected chi connectivity index (χ3v) is 2.64. The van der Waals surface area contributed by atoms with E-state index in [1.165, 1.54) is 30.3 Å². The van der Waals surface area contributed by atoms with Gasteiger partial charge in [-0.1, -0.05) is 24.3 Å². The zero-order chi connectivity index (χ0) is 13.1. The third kappa shape index (κ3) is 2.37. The molecule has 18 heavy (non-hydrogen) atoms. The van der Waals surface area contributed by atoms with Crippen LogP contribution < -0.4 is 11.3 Å². The second-order valence-corrected chi connectivity index (χ2v) is 3.80. The van der Waals surface area contributed by atoms with Crippen molar-refractivity contribution in [2.75, 3.05) is 0 Å². The Bertz CT molecular complexity index is 558. The highest BCUT2D eigenvalue weighted by Gasteiger charge is 2.19. The van der Waals surface area contributed by atoms with Crippen LogP contribution in [0.2, 0.25) is 0 Å². The maximum Gasteiger partial charge on any atom is 0.163 e. The highest BCUT2D eigenvalue weighted by Crippen LogP contribution is 2.25. The predicted octanol–water partition coefficient (Wildman–Crippen LogP) is 2.66. The van der Waals surface area contributed by atoms with Gasteiger partial charge in [0.1, 0.15) is 5.82 Å². The van der Waals surface area contributed by atoms with Crippen LogP contribution in [-0.4, -0.2) is 0 Å². The van der Waals surface area contributed by atoms with Crippen LogP contribution in [-0.2, 0) is 0 Å². The molecule has 0 amide bonds. The van der Waals surface area contributed by atoms with Crippen LogP contribution in [0, 0.1) is 17.5 Å². The van der Waals surface area contributed by atoms with E-state index in [2.05, 4.69) is 5.43 Å². The molecule has 0 aliphatic carbocycles. The molecule has 0 saturated heterocycles. The zero-order valence-electron chi connectivity index (χ0n) is 9.33. The fourth-order valence-corrected chi connectivity index (χ4v) is 1.80. The summed E-state index contributed by atoms with van der Waals surface area (Å²) in [5, 5.41) is 0. The quantitative estimate of drug-likeness (QED) is 0.651. The van der Waals surface area contributed by atoms with Crippen LogP contribution >= 0.6 is 0 Å². The first kappa shape index (κ1) is 12.6. The van der Waals surface area contributed by atoms with Gasteiger partial charge in [-0.25, -0.2) is 18.6 Å². The largest absolute Gasteiger partial charge is 0.271 e. The first-order valence-electron chi connectivity index (χ1n) is 5.29. The number of hydrogen-bond donors (Lipinski definition) is 2. The van der Waals surface area contributed by atoms with Gasteiger partial charge in [0.05, 0.1) is 6.04 Å². The standard InChI is InChI=1S/C13H11F3N2/c14-9-4-1-3-8(7-9)13(18-17)10-5-2-6-11(15)12(10)16/h1-7,13,18H,17H2. The zero-order valence-corrected chi connectivity index (χ0v) is 9.33. The molecule has 0 radical (unpaired) electrons. The van der Waals surface area contributed by atoms with Gasteiger partial charge < -0.3 is 0 Å². The minimum atomic E-state index is -0.996. The fourth-order valence-electron chi connectivity index (χ4n) is 1.80. The van der Waals surface area contributed by atoms with E-state index < -0.39 is 23.5 Å². The summed E-state index contributed by atoms with van der Waals surface area (Å²) in [5.74, 6) is 2.91. The van der Waals surface area contributed by atoms with Crippen molar-refractivity contribution in [1.29, 1.82) is 0 Å². The number of hydrazine groups is 1. The lowest BCUT2D eigenvalue weighted by Crippen LogP contribution is -2.29. The number of nitrogens with one attached hydrogen (secondary N) is 1. The molecule has 0 aromatic heterocycles. The average Bonchev–Trinajstić information content (AvgIpc) is 2.35. The maximum absolute atomic E-state index is 13.7. The van der Waals surface area contributed by atoms with Crippen molar-refractivity contribution >= 4 is 0 Å². The van der Waals surface area contributed by atoms with E-state index >= 15 is 0 Å². The Balaban J connectivity index is 2.49. The van der Waals surface area contributed by atoms with Gasteiger partial charge in [0.2, 0.25) is 0 Å². The molecule has 0 saturated carbocycles. The highest BCUT2D eigenvalue weighted by molar-refractivity contribution is 5.33. The molecule has 1 atom stereocenters. The van der Waals surface area contributed by atoms with E-state index in [1.54, 1.807) is 6.07 Å². The normalized spacial score (nSPS) is 12.4. The number of hydrogen-bond acceptors (Lipinski definition) is 2. The van der Waals surface area contributed by atoms with Crippen molar-refractivity contribution in [1.82, 2.24) is 5.43 Å². The Hall–Kier alpha value is -1.85. The maximum atomic E-state index is 13.7. The van der Waals surface area contributed by atoms with Crippen LogP contribution in [0.25, 0.3) is 0 Å². The molecule has 0 spiro atoms. The summed E-state index contributed by atoms with van der Waals surface area (Å²) >= 11 is 0. The Kier molecular flexibility index (Phi) is 3.64. The van der Waals surface area contributed by atoms with E-state index in [9.17, 15) is 13.2 Å². The van der Waals surface area contributed by atoms with Gasteiger partial charge in [-0.3, -0.25) is 5.84 Å². The van der Waals surface area contributed by atoms with Crippen LogP contribution in [0.5, 0.6) is 0 Å². The van der Waals surface area contributed by atoms with Crippen LogP contribution in [0.3, 0.4) is 0 Å². The molecule has 0 bridgehead atoms. The molecule has 0 aliphatic rings. The molecule has 0 aliphatic heterocycles. The second-order valence-electron chi connectivity index (χ2n) is 3.80. The van der Waals surface area contributed by atoms with Gasteiger partial charge >= 0.3 is 0 Å². The molecule has 2 aromatic carbocycles. The summed E-state index contributed by atoms with van der Waals surface area (Å²) in [6.45, 7) is 0. The summed E-state index contributed by atoms with van der Waals surface area (Å²) in [6, 6.07) is 8.51. The molecule has 2 rings (SSSR count). The van der Waals surface area contributed by atoms with E-state index in [1.807, 2.05) is 0 Å². The second kappa shape index (κ2) is 5.20. The van der Waals surface area contributed by atoms with Gasteiger partial charge in [0.25, 0.3) is 0 Å². The predicted molar refractivity (Wildman–Crippen MR) is 61.9 cm³/mol. The molecule has 0 heterocycles. The van der Waals surface area contributed by atoms with Gasteiger partial charge in [-0.15, -0.1) is 0 Å². The number of rotatable bonds is 3. The fraction of sp³-hybridized carbons (Fsp3) is 0.0769. The molecule has 3 N–H and O–H groups in total. The number of halogens is 3. The lowest BCUT2D eigenvalue weighted by atomic mass is 9.98. The summed E-state index contributed by atoms with van der Waals surface area (Å²) < 4.78 is 39.9. The van der Waals surface area contributed by atoms with Gasteiger partial charge in [0, 0.05) is 5.56 Å². The Morgan fingerprint density at radius 1 is 1.00 bits per heavy atom. The van der Waals surface area contributed by atoms with Gasteiger partial charge in [-0.05, 0) is 23.8 Å². The molecule has 2 aromatic rings. The molecule has 5 heteroatoms. The lowest BCUT2D eigenvalue weighted by Gasteiger charge is -2.17. The van der Waals surface area contributed by atoms with Crippen molar-refractivity contribution < 1.29 is 13.2 Å². The Labute approximate surface area is 102 Å². The van der Waals surface area contributed by atoms with E-state index in [0.717, 1.165) is 6.07 Å². The molecule has 0 fully saturated rings. The Morgan fingerprint density at radius 2 is 1.72 bits per heavy atom. The number of benzene rings is 2. The summed E-state index contributed by atoms with van der Waals surface area (Å²) in [7, 11) is 0. The minimum Gasteiger partial charge on any atom is -0.271 e. The molecule has 1 unspecified atom stereocenters.